The molecule has 0 radical (unpaired) electrons. The average molecular weight is 517 g/mol. The van der Waals surface area contributed by atoms with Gasteiger partial charge in [-0.25, -0.2) is 8.42 Å². The Balaban J connectivity index is 1.74. The zero-order valence-corrected chi connectivity index (χ0v) is 21.3. The summed E-state index contributed by atoms with van der Waals surface area (Å²) in [6, 6.07) is 30.1. The van der Waals surface area contributed by atoms with Crippen LogP contribution in [0.4, 0.5) is 0 Å². The van der Waals surface area contributed by atoms with Crippen LogP contribution in [0.1, 0.15) is 32.6 Å². The highest BCUT2D eigenvalue weighted by molar-refractivity contribution is 7.95. The summed E-state index contributed by atoms with van der Waals surface area (Å²) >= 11 is 5.98. The fourth-order valence-corrected chi connectivity index (χ4v) is 5.25. The largest absolute Gasteiger partial charge is 0.488 e. The number of carbonyl (C=O) groups excluding carboxylic acids is 1. The van der Waals surface area contributed by atoms with Crippen molar-refractivity contribution in [1.29, 1.82) is 0 Å². The van der Waals surface area contributed by atoms with Crippen molar-refractivity contribution in [3.63, 3.8) is 0 Å². The Labute approximate surface area is 216 Å². The van der Waals surface area contributed by atoms with E-state index in [0.29, 0.717) is 28.5 Å². The van der Waals surface area contributed by atoms with Crippen molar-refractivity contribution in [2.45, 2.75) is 19.3 Å². The van der Waals surface area contributed by atoms with Gasteiger partial charge in [-0.05, 0) is 54.5 Å². The van der Waals surface area contributed by atoms with Gasteiger partial charge in [-0.1, -0.05) is 90.0 Å². The van der Waals surface area contributed by atoms with Gasteiger partial charge >= 0.3 is 0 Å². The van der Waals surface area contributed by atoms with E-state index in [1.165, 1.54) is 18.2 Å². The third-order valence-corrected chi connectivity index (χ3v) is 7.52. The zero-order valence-electron chi connectivity index (χ0n) is 19.7. The molecule has 0 saturated heterocycles. The summed E-state index contributed by atoms with van der Waals surface area (Å²) < 4.78 is 33.2. The van der Waals surface area contributed by atoms with Crippen molar-refractivity contribution in [1.82, 2.24) is 0 Å². The molecule has 4 aromatic rings. The van der Waals surface area contributed by atoms with Gasteiger partial charge in [-0.15, -0.1) is 0 Å². The number of allylic oxidation sites excluding steroid dienone is 1. The third kappa shape index (κ3) is 6.51. The first-order chi connectivity index (χ1) is 17.3. The van der Waals surface area contributed by atoms with Gasteiger partial charge in [0.1, 0.15) is 17.3 Å². The van der Waals surface area contributed by atoms with Gasteiger partial charge in [-0.3, -0.25) is 4.79 Å². The molecule has 4 aromatic carbocycles. The van der Waals surface area contributed by atoms with Crippen LogP contribution in [-0.4, -0.2) is 14.2 Å². The van der Waals surface area contributed by atoms with Gasteiger partial charge in [0.15, 0.2) is 9.84 Å². The highest BCUT2D eigenvalue weighted by Crippen LogP contribution is 2.28. The Morgan fingerprint density at radius 2 is 1.44 bits per heavy atom. The number of ether oxygens (including phenoxy) is 1. The van der Waals surface area contributed by atoms with Crippen molar-refractivity contribution >= 4 is 33.3 Å². The molecular weight excluding hydrogens is 492 g/mol. The maximum atomic E-state index is 13.6. The van der Waals surface area contributed by atoms with E-state index in [1.54, 1.807) is 48.5 Å². The van der Waals surface area contributed by atoms with E-state index in [0.717, 1.165) is 11.1 Å². The second-order valence-corrected chi connectivity index (χ2v) is 10.8. The number of para-hydroxylation sites is 1. The number of benzene rings is 4. The lowest BCUT2D eigenvalue weighted by Gasteiger charge is -2.13. The highest BCUT2D eigenvalue weighted by atomic mass is 35.5. The minimum atomic E-state index is -4.00. The molecule has 0 N–H and O–H groups in total. The van der Waals surface area contributed by atoms with Crippen molar-refractivity contribution in [2.75, 3.05) is 0 Å². The minimum absolute atomic E-state index is 0.237. The summed E-state index contributed by atoms with van der Waals surface area (Å²) in [7, 11) is -4.00. The standard InChI is InChI=1S/C30H25ClO4S/c1-22-11-13-24(14-12-22)21-36(33,34)29(30(32)25-15-17-27(31)18-16-25)19-26-9-5-6-10-28(26)35-20-23-7-3-2-4-8-23/h2-19H,20-21H2,1H3/b29-19-. The molecule has 0 fully saturated rings. The molecule has 0 saturated carbocycles. The first-order valence-corrected chi connectivity index (χ1v) is 13.4. The van der Waals surface area contributed by atoms with Crippen LogP contribution < -0.4 is 4.74 Å². The van der Waals surface area contributed by atoms with Gasteiger partial charge < -0.3 is 4.74 Å². The van der Waals surface area contributed by atoms with Gasteiger partial charge in [0.2, 0.25) is 5.78 Å². The van der Waals surface area contributed by atoms with Crippen LogP contribution >= 0.6 is 11.6 Å². The van der Waals surface area contributed by atoms with E-state index in [1.807, 2.05) is 49.4 Å². The molecule has 6 heteroatoms. The molecule has 0 atom stereocenters. The molecular formula is C30H25ClO4S. The number of hydrogen-bond acceptors (Lipinski definition) is 4. The van der Waals surface area contributed by atoms with Crippen molar-refractivity contribution in [3.05, 3.63) is 141 Å². The SMILES string of the molecule is Cc1ccc(CS(=O)(=O)/C(=C\c2ccccc2OCc2ccccc2)C(=O)c2ccc(Cl)cc2)cc1. The van der Waals surface area contributed by atoms with Crippen LogP contribution in [0.3, 0.4) is 0 Å². The first-order valence-electron chi connectivity index (χ1n) is 11.4. The predicted octanol–water partition coefficient (Wildman–Crippen LogP) is 7.07. The van der Waals surface area contributed by atoms with Crippen LogP contribution in [0.2, 0.25) is 5.02 Å². The quantitative estimate of drug-likeness (QED) is 0.176. The third-order valence-electron chi connectivity index (χ3n) is 5.59. The van der Waals surface area contributed by atoms with Crippen molar-refractivity contribution < 1.29 is 17.9 Å². The second kappa shape index (κ2) is 11.4. The van der Waals surface area contributed by atoms with Gasteiger partial charge in [0.05, 0.1) is 5.75 Å². The molecule has 0 aromatic heterocycles. The number of aryl methyl sites for hydroxylation is 1. The Kier molecular flexibility index (Phi) is 8.04. The summed E-state index contributed by atoms with van der Waals surface area (Å²) in [4.78, 5) is 13.2. The fraction of sp³-hybridized carbons (Fsp3) is 0.100. The topological polar surface area (TPSA) is 60.4 Å². The van der Waals surface area contributed by atoms with Crippen LogP contribution in [0.25, 0.3) is 6.08 Å². The number of carbonyl (C=O) groups is 1. The summed E-state index contributed by atoms with van der Waals surface area (Å²) in [5, 5.41) is 0.458. The highest BCUT2D eigenvalue weighted by Gasteiger charge is 2.27. The molecule has 0 heterocycles. The lowest BCUT2D eigenvalue weighted by Crippen LogP contribution is -2.16. The molecule has 0 aliphatic rings. The van der Waals surface area contributed by atoms with Crippen molar-refractivity contribution in [3.8, 4) is 5.75 Å². The smallest absolute Gasteiger partial charge is 0.204 e. The Morgan fingerprint density at radius 1 is 0.806 bits per heavy atom. The molecule has 0 amide bonds. The Morgan fingerprint density at radius 3 is 2.14 bits per heavy atom. The lowest BCUT2D eigenvalue weighted by atomic mass is 10.1. The molecule has 36 heavy (non-hydrogen) atoms. The number of Topliss-reactive ketones (excluding diaryl/α,β-unsaturated/α-hetero) is 1. The van der Waals surface area contributed by atoms with E-state index in [9.17, 15) is 13.2 Å². The molecule has 4 nitrogen and oxygen atoms in total. The monoisotopic (exact) mass is 516 g/mol. The van der Waals surface area contributed by atoms with E-state index in [4.69, 9.17) is 16.3 Å². The zero-order chi connectivity index (χ0) is 25.5. The summed E-state index contributed by atoms with van der Waals surface area (Å²) in [5.41, 5.74) is 3.33. The Hall–Kier alpha value is -3.67. The lowest BCUT2D eigenvalue weighted by molar-refractivity contribution is 0.104. The van der Waals surface area contributed by atoms with Gasteiger partial charge in [-0.2, -0.15) is 0 Å². The molecule has 0 aliphatic carbocycles. The van der Waals surface area contributed by atoms with Gasteiger partial charge in [0, 0.05) is 16.1 Å². The average Bonchev–Trinajstić information content (AvgIpc) is 2.88. The number of rotatable bonds is 9. The molecule has 0 bridgehead atoms. The molecule has 0 unspecified atom stereocenters. The molecule has 0 aliphatic heterocycles. The predicted molar refractivity (Wildman–Crippen MR) is 145 cm³/mol. The number of hydrogen-bond donors (Lipinski definition) is 0. The van der Waals surface area contributed by atoms with Crippen molar-refractivity contribution in [2.24, 2.45) is 0 Å². The number of sulfone groups is 1. The van der Waals surface area contributed by atoms with E-state index >= 15 is 0 Å². The van der Waals surface area contributed by atoms with E-state index in [2.05, 4.69) is 0 Å². The maximum Gasteiger partial charge on any atom is 0.204 e. The first kappa shape index (κ1) is 25.4. The number of halogens is 1. The fourth-order valence-electron chi connectivity index (χ4n) is 3.63. The maximum absolute atomic E-state index is 13.6. The van der Waals surface area contributed by atoms with Crippen LogP contribution in [0, 0.1) is 6.92 Å². The molecule has 4 rings (SSSR count). The van der Waals surface area contributed by atoms with Crippen LogP contribution in [-0.2, 0) is 22.2 Å². The van der Waals surface area contributed by atoms with Gasteiger partial charge in [0.25, 0.3) is 0 Å². The van der Waals surface area contributed by atoms with E-state index in [-0.39, 0.29) is 16.2 Å². The summed E-state index contributed by atoms with van der Waals surface area (Å²) in [6.07, 6.45) is 1.40. The normalized spacial score (nSPS) is 11.8. The Bertz CT molecular complexity index is 1470. The summed E-state index contributed by atoms with van der Waals surface area (Å²) in [6.45, 7) is 2.24. The van der Waals surface area contributed by atoms with Crippen LogP contribution in [0.5, 0.6) is 5.75 Å². The second-order valence-electron chi connectivity index (χ2n) is 8.40. The minimum Gasteiger partial charge on any atom is -0.488 e. The van der Waals surface area contributed by atoms with Crippen LogP contribution in [0.15, 0.2) is 108 Å². The van der Waals surface area contributed by atoms with E-state index < -0.39 is 15.6 Å². The molecule has 182 valence electrons. The molecule has 0 spiro atoms. The summed E-state index contributed by atoms with van der Waals surface area (Å²) in [5.74, 6) is -0.421. The number of ketones is 1.